The smallest absolute Gasteiger partial charge is 0.329 e. The number of hydrogen-bond donors (Lipinski definition) is 2. The number of ether oxygens (including phenoxy) is 1. The van der Waals surface area contributed by atoms with Crippen LogP contribution in [0.1, 0.15) is 29.6 Å². The van der Waals surface area contributed by atoms with Crippen LogP contribution < -0.4 is 10.1 Å². The summed E-state index contributed by atoms with van der Waals surface area (Å²) in [5.74, 6) is -0.842. The summed E-state index contributed by atoms with van der Waals surface area (Å²) in [4.78, 5) is 23.4. The van der Waals surface area contributed by atoms with E-state index in [0.717, 1.165) is 6.42 Å². The predicted molar refractivity (Wildman–Crippen MR) is 72.4 cm³/mol. The third kappa shape index (κ3) is 2.58. The van der Waals surface area contributed by atoms with E-state index >= 15 is 0 Å². The number of carbonyl (C=O) groups excluding carboxylic acids is 1. The van der Waals surface area contributed by atoms with E-state index in [1.54, 1.807) is 18.2 Å². The summed E-state index contributed by atoms with van der Waals surface area (Å²) in [6, 6.07) is 4.99. The third-order valence-corrected chi connectivity index (χ3v) is 4.08. The van der Waals surface area contributed by atoms with Gasteiger partial charge < -0.3 is 15.2 Å². The number of halogens is 1. The molecule has 0 aromatic heterocycles. The summed E-state index contributed by atoms with van der Waals surface area (Å²) in [5, 5.41) is 11.8. The molecule has 1 aromatic carbocycles. The van der Waals surface area contributed by atoms with E-state index in [1.165, 1.54) is 7.11 Å². The summed E-state index contributed by atoms with van der Waals surface area (Å²) < 4.78 is 5.66. The van der Waals surface area contributed by atoms with Crippen molar-refractivity contribution in [2.75, 3.05) is 7.11 Å². The Bertz CT molecular complexity index is 525. The highest BCUT2D eigenvalue weighted by Crippen LogP contribution is 2.33. The fourth-order valence-corrected chi connectivity index (χ4v) is 2.44. The quantitative estimate of drug-likeness (QED) is 0.888. The molecule has 1 aliphatic rings. The minimum Gasteiger partial charge on any atom is -0.497 e. The fourth-order valence-electron chi connectivity index (χ4n) is 2.01. The van der Waals surface area contributed by atoms with Crippen molar-refractivity contribution < 1.29 is 19.4 Å². The van der Waals surface area contributed by atoms with Gasteiger partial charge in [0.15, 0.2) is 0 Å². The van der Waals surface area contributed by atoms with Crippen LogP contribution in [0.5, 0.6) is 5.75 Å². The molecule has 1 fully saturated rings. The average molecular weight is 328 g/mol. The number of hydrogen-bond acceptors (Lipinski definition) is 3. The molecule has 1 aromatic rings. The van der Waals surface area contributed by atoms with Crippen molar-refractivity contribution in [2.24, 2.45) is 0 Å². The second kappa shape index (κ2) is 5.21. The third-order valence-electron chi connectivity index (χ3n) is 3.39. The molecule has 0 spiro atoms. The first-order valence-electron chi connectivity index (χ1n) is 5.88. The number of aliphatic carboxylic acids is 1. The largest absolute Gasteiger partial charge is 0.497 e. The van der Waals surface area contributed by atoms with Crippen LogP contribution in [0.4, 0.5) is 0 Å². The van der Waals surface area contributed by atoms with Crippen molar-refractivity contribution >= 4 is 27.8 Å². The molecule has 0 bridgehead atoms. The molecule has 1 saturated carbocycles. The molecule has 0 heterocycles. The van der Waals surface area contributed by atoms with Gasteiger partial charge in [-0.15, -0.1) is 0 Å². The van der Waals surface area contributed by atoms with E-state index in [0.29, 0.717) is 28.6 Å². The lowest BCUT2D eigenvalue weighted by atomic mass is 9.76. The zero-order valence-corrected chi connectivity index (χ0v) is 12.0. The zero-order chi connectivity index (χ0) is 14.0. The van der Waals surface area contributed by atoms with E-state index in [4.69, 9.17) is 4.74 Å². The molecule has 5 nitrogen and oxygen atoms in total. The molecule has 0 unspecified atom stereocenters. The SMILES string of the molecule is COc1ccc(Br)c(C(=O)NC2(C(=O)O)CCC2)c1. The van der Waals surface area contributed by atoms with Crippen LogP contribution in [0, 0.1) is 0 Å². The number of benzene rings is 1. The van der Waals surface area contributed by atoms with E-state index in [9.17, 15) is 14.7 Å². The Kier molecular flexibility index (Phi) is 3.80. The highest BCUT2D eigenvalue weighted by atomic mass is 79.9. The molecule has 1 amide bonds. The molecule has 19 heavy (non-hydrogen) atoms. The van der Waals surface area contributed by atoms with Crippen LogP contribution in [0.3, 0.4) is 0 Å². The second-order valence-corrected chi connectivity index (χ2v) is 5.40. The number of methoxy groups -OCH3 is 1. The van der Waals surface area contributed by atoms with Crippen LogP contribution in [0.2, 0.25) is 0 Å². The second-order valence-electron chi connectivity index (χ2n) is 4.54. The molecular weight excluding hydrogens is 314 g/mol. The normalized spacial score (nSPS) is 16.3. The number of carboxylic acids is 1. The lowest BCUT2D eigenvalue weighted by molar-refractivity contribution is -0.148. The number of carboxylic acid groups (broad SMARTS) is 1. The first-order chi connectivity index (χ1) is 8.98. The van der Waals surface area contributed by atoms with Crippen LogP contribution in [-0.2, 0) is 4.79 Å². The Hall–Kier alpha value is -1.56. The summed E-state index contributed by atoms with van der Waals surface area (Å²) >= 11 is 3.28. The van der Waals surface area contributed by atoms with Crippen molar-refractivity contribution in [3.63, 3.8) is 0 Å². The maximum atomic E-state index is 12.2. The minimum absolute atomic E-state index is 0.367. The fraction of sp³-hybridized carbons (Fsp3) is 0.385. The zero-order valence-electron chi connectivity index (χ0n) is 10.4. The maximum Gasteiger partial charge on any atom is 0.329 e. The molecule has 0 saturated heterocycles. The Morgan fingerprint density at radius 1 is 1.42 bits per heavy atom. The van der Waals surface area contributed by atoms with Gasteiger partial charge in [-0.1, -0.05) is 0 Å². The highest BCUT2D eigenvalue weighted by Gasteiger charge is 2.45. The van der Waals surface area contributed by atoms with Gasteiger partial charge in [0.25, 0.3) is 5.91 Å². The number of rotatable bonds is 4. The number of amides is 1. The van der Waals surface area contributed by atoms with Crippen molar-refractivity contribution in [3.05, 3.63) is 28.2 Å². The number of nitrogens with one attached hydrogen (secondary N) is 1. The Labute approximate surface area is 119 Å². The van der Waals surface area contributed by atoms with E-state index < -0.39 is 17.4 Å². The van der Waals surface area contributed by atoms with Gasteiger partial charge in [-0.3, -0.25) is 4.79 Å². The Balaban J connectivity index is 2.22. The Morgan fingerprint density at radius 3 is 2.58 bits per heavy atom. The van der Waals surface area contributed by atoms with E-state index in [-0.39, 0.29) is 0 Å². The van der Waals surface area contributed by atoms with Crippen molar-refractivity contribution in [3.8, 4) is 5.75 Å². The van der Waals surface area contributed by atoms with Crippen LogP contribution in [-0.4, -0.2) is 29.6 Å². The maximum absolute atomic E-state index is 12.2. The van der Waals surface area contributed by atoms with Gasteiger partial charge in [-0.2, -0.15) is 0 Å². The van der Waals surface area contributed by atoms with Gasteiger partial charge >= 0.3 is 5.97 Å². The molecule has 6 heteroatoms. The van der Waals surface area contributed by atoms with Gasteiger partial charge in [-0.05, 0) is 53.4 Å². The van der Waals surface area contributed by atoms with Crippen molar-refractivity contribution in [1.29, 1.82) is 0 Å². The van der Waals surface area contributed by atoms with Crippen LogP contribution in [0.25, 0.3) is 0 Å². The first-order valence-corrected chi connectivity index (χ1v) is 6.67. The highest BCUT2D eigenvalue weighted by molar-refractivity contribution is 9.10. The van der Waals surface area contributed by atoms with E-state index in [1.807, 2.05) is 0 Å². The lowest BCUT2D eigenvalue weighted by Gasteiger charge is -2.38. The van der Waals surface area contributed by atoms with Crippen molar-refractivity contribution in [1.82, 2.24) is 5.32 Å². The van der Waals surface area contributed by atoms with Crippen molar-refractivity contribution in [2.45, 2.75) is 24.8 Å². The molecular formula is C13H14BrNO4. The van der Waals surface area contributed by atoms with E-state index in [2.05, 4.69) is 21.2 Å². The van der Waals surface area contributed by atoms with Crippen LogP contribution in [0.15, 0.2) is 22.7 Å². The topological polar surface area (TPSA) is 75.6 Å². The Morgan fingerprint density at radius 2 is 2.11 bits per heavy atom. The summed E-state index contributed by atoms with van der Waals surface area (Å²) in [7, 11) is 1.51. The average Bonchev–Trinajstić information content (AvgIpc) is 2.33. The van der Waals surface area contributed by atoms with Gasteiger partial charge in [0, 0.05) is 4.47 Å². The molecule has 0 aliphatic heterocycles. The molecule has 0 atom stereocenters. The van der Waals surface area contributed by atoms with Gasteiger partial charge in [0.2, 0.25) is 0 Å². The molecule has 0 radical (unpaired) electrons. The summed E-state index contributed by atoms with van der Waals surface area (Å²) in [6.45, 7) is 0. The minimum atomic E-state index is -1.11. The number of carbonyl (C=O) groups is 2. The molecule has 2 rings (SSSR count). The van der Waals surface area contributed by atoms with Gasteiger partial charge in [0.1, 0.15) is 11.3 Å². The van der Waals surface area contributed by atoms with Gasteiger partial charge in [0.05, 0.1) is 12.7 Å². The monoisotopic (exact) mass is 327 g/mol. The lowest BCUT2D eigenvalue weighted by Crippen LogP contribution is -2.59. The first kappa shape index (κ1) is 13.9. The van der Waals surface area contributed by atoms with Crippen LogP contribution >= 0.6 is 15.9 Å². The molecule has 102 valence electrons. The van der Waals surface area contributed by atoms with Gasteiger partial charge in [-0.25, -0.2) is 4.79 Å². The predicted octanol–water partition coefficient (Wildman–Crippen LogP) is 2.19. The summed E-state index contributed by atoms with van der Waals surface area (Å²) in [6.07, 6.45) is 1.75. The summed E-state index contributed by atoms with van der Waals surface area (Å²) in [5.41, 5.74) is -0.744. The molecule has 1 aliphatic carbocycles. The molecule has 2 N–H and O–H groups in total. The standard InChI is InChI=1S/C13H14BrNO4/c1-19-8-3-4-10(14)9(7-8)11(16)15-13(12(17)18)5-2-6-13/h3-4,7H,2,5-6H2,1H3,(H,15,16)(H,17,18).